The molecular formula is C8H9ClO2. The molecule has 1 aromatic carbocycles. The van der Waals surface area contributed by atoms with E-state index in [4.69, 9.17) is 16.3 Å². The maximum atomic E-state index is 9.32. The lowest BCUT2D eigenvalue weighted by Gasteiger charge is -2.05. The predicted molar refractivity (Wildman–Crippen MR) is 44.4 cm³/mol. The van der Waals surface area contributed by atoms with E-state index in [0.717, 1.165) is 5.56 Å². The van der Waals surface area contributed by atoms with Crippen LogP contribution < -0.4 is 4.74 Å². The van der Waals surface area contributed by atoms with Crippen LogP contribution in [0.1, 0.15) is 5.56 Å². The van der Waals surface area contributed by atoms with Gasteiger partial charge in [0.05, 0.1) is 12.1 Å². The molecule has 1 aromatic rings. The minimum atomic E-state index is 0.00849. The first-order valence-electron chi connectivity index (χ1n) is 3.19. The summed E-state index contributed by atoms with van der Waals surface area (Å²) in [6.07, 6.45) is 0. The highest BCUT2D eigenvalue weighted by Gasteiger charge is 2.07. The number of hydrogen-bond acceptors (Lipinski definition) is 2. The Morgan fingerprint density at radius 1 is 1.45 bits per heavy atom. The predicted octanol–water partition coefficient (Wildman–Crippen LogP) is 2.36. The number of rotatable bonds is 1. The molecule has 2 nitrogen and oxygen atoms in total. The quantitative estimate of drug-likeness (QED) is 0.705. The van der Waals surface area contributed by atoms with Crippen LogP contribution in [0.2, 0.25) is 5.02 Å². The molecule has 0 aliphatic rings. The molecule has 0 aliphatic carbocycles. The summed E-state index contributed by atoms with van der Waals surface area (Å²) in [6, 6.07) is 3.47. The molecule has 3 heteroatoms. The molecule has 0 fully saturated rings. The van der Waals surface area contributed by atoms with Crippen molar-refractivity contribution in [2.75, 3.05) is 7.11 Å². The Morgan fingerprint density at radius 3 is 2.64 bits per heavy atom. The normalized spacial score (nSPS) is 9.73. The van der Waals surface area contributed by atoms with Crippen molar-refractivity contribution in [1.82, 2.24) is 0 Å². The third kappa shape index (κ3) is 1.40. The third-order valence-corrected chi connectivity index (χ3v) is 1.97. The zero-order valence-electron chi connectivity index (χ0n) is 6.39. The average Bonchev–Trinajstić information content (AvgIpc) is 2.01. The van der Waals surface area contributed by atoms with E-state index in [2.05, 4.69) is 0 Å². The van der Waals surface area contributed by atoms with Gasteiger partial charge in [-0.3, -0.25) is 0 Å². The van der Waals surface area contributed by atoms with E-state index in [9.17, 15) is 5.11 Å². The van der Waals surface area contributed by atoms with E-state index in [1.165, 1.54) is 7.11 Å². The van der Waals surface area contributed by atoms with Crippen LogP contribution in [0.25, 0.3) is 0 Å². The van der Waals surface area contributed by atoms with Gasteiger partial charge in [-0.2, -0.15) is 0 Å². The van der Waals surface area contributed by atoms with Crippen LogP contribution in [0.3, 0.4) is 0 Å². The Balaban J connectivity index is 3.25. The van der Waals surface area contributed by atoms with E-state index in [1.54, 1.807) is 12.1 Å². The van der Waals surface area contributed by atoms with Gasteiger partial charge in [-0.15, -0.1) is 0 Å². The zero-order valence-corrected chi connectivity index (χ0v) is 7.14. The molecule has 1 rings (SSSR count). The Kier molecular flexibility index (Phi) is 2.25. The summed E-state index contributed by atoms with van der Waals surface area (Å²) in [6.45, 7) is 1.82. The molecule has 0 unspecified atom stereocenters. The van der Waals surface area contributed by atoms with Crippen LogP contribution in [-0.4, -0.2) is 12.2 Å². The van der Waals surface area contributed by atoms with Gasteiger partial charge in [0, 0.05) is 0 Å². The lowest BCUT2D eigenvalue weighted by atomic mass is 10.2. The van der Waals surface area contributed by atoms with Gasteiger partial charge in [0.15, 0.2) is 11.5 Å². The molecule has 60 valence electrons. The van der Waals surface area contributed by atoms with Crippen LogP contribution in [0.15, 0.2) is 12.1 Å². The van der Waals surface area contributed by atoms with E-state index in [1.807, 2.05) is 6.92 Å². The number of benzene rings is 1. The largest absolute Gasteiger partial charge is 0.503 e. The SMILES string of the molecule is COc1ccc(C)c(Cl)c1O. The van der Waals surface area contributed by atoms with Crippen LogP contribution in [0.4, 0.5) is 0 Å². The Labute approximate surface area is 70.4 Å². The molecule has 0 bridgehead atoms. The average molecular weight is 173 g/mol. The van der Waals surface area contributed by atoms with Gasteiger partial charge in [0.25, 0.3) is 0 Å². The molecular weight excluding hydrogens is 164 g/mol. The van der Waals surface area contributed by atoms with E-state index >= 15 is 0 Å². The maximum absolute atomic E-state index is 9.32. The Bertz CT molecular complexity index is 271. The topological polar surface area (TPSA) is 29.5 Å². The molecule has 1 N–H and O–H groups in total. The lowest BCUT2D eigenvalue weighted by Crippen LogP contribution is -1.85. The number of ether oxygens (including phenoxy) is 1. The van der Waals surface area contributed by atoms with Crippen molar-refractivity contribution in [2.45, 2.75) is 6.92 Å². The summed E-state index contributed by atoms with van der Waals surface area (Å²) in [4.78, 5) is 0. The fourth-order valence-electron chi connectivity index (χ4n) is 0.812. The molecule has 0 spiro atoms. The zero-order chi connectivity index (χ0) is 8.43. The van der Waals surface area contributed by atoms with E-state index in [0.29, 0.717) is 10.8 Å². The first-order chi connectivity index (χ1) is 5.16. The van der Waals surface area contributed by atoms with Crippen molar-refractivity contribution in [2.24, 2.45) is 0 Å². The van der Waals surface area contributed by atoms with Gasteiger partial charge in [0.1, 0.15) is 0 Å². The second-order valence-electron chi connectivity index (χ2n) is 2.25. The number of phenolic OH excluding ortho intramolecular Hbond substituents is 1. The van der Waals surface area contributed by atoms with Gasteiger partial charge >= 0.3 is 0 Å². The molecule has 0 saturated carbocycles. The third-order valence-electron chi connectivity index (χ3n) is 1.49. The van der Waals surface area contributed by atoms with Crippen LogP contribution >= 0.6 is 11.6 Å². The second-order valence-corrected chi connectivity index (χ2v) is 2.63. The van der Waals surface area contributed by atoms with Gasteiger partial charge in [-0.25, -0.2) is 0 Å². The second kappa shape index (κ2) is 3.01. The molecule has 11 heavy (non-hydrogen) atoms. The smallest absolute Gasteiger partial charge is 0.176 e. The number of halogens is 1. The van der Waals surface area contributed by atoms with Crippen molar-refractivity contribution in [3.05, 3.63) is 22.7 Å². The van der Waals surface area contributed by atoms with Gasteiger partial charge in [0.2, 0.25) is 0 Å². The van der Waals surface area contributed by atoms with Gasteiger partial charge in [-0.05, 0) is 18.6 Å². The van der Waals surface area contributed by atoms with Crippen molar-refractivity contribution >= 4 is 11.6 Å². The molecule has 0 aromatic heterocycles. The van der Waals surface area contributed by atoms with Crippen LogP contribution in [-0.2, 0) is 0 Å². The first-order valence-corrected chi connectivity index (χ1v) is 3.56. The Morgan fingerprint density at radius 2 is 2.09 bits per heavy atom. The monoisotopic (exact) mass is 172 g/mol. The highest BCUT2D eigenvalue weighted by atomic mass is 35.5. The number of aryl methyl sites for hydroxylation is 1. The van der Waals surface area contributed by atoms with Gasteiger partial charge < -0.3 is 9.84 Å². The van der Waals surface area contributed by atoms with Crippen LogP contribution in [0, 0.1) is 6.92 Å². The van der Waals surface area contributed by atoms with Crippen molar-refractivity contribution < 1.29 is 9.84 Å². The number of aromatic hydroxyl groups is 1. The summed E-state index contributed by atoms with van der Waals surface area (Å²) in [5.41, 5.74) is 0.838. The molecule has 0 heterocycles. The van der Waals surface area contributed by atoms with E-state index < -0.39 is 0 Å². The summed E-state index contributed by atoms with van der Waals surface area (Å²) in [7, 11) is 1.49. The number of methoxy groups -OCH3 is 1. The summed E-state index contributed by atoms with van der Waals surface area (Å²) >= 11 is 5.73. The Hall–Kier alpha value is -0.890. The summed E-state index contributed by atoms with van der Waals surface area (Å²) in [5, 5.41) is 9.67. The molecule has 0 atom stereocenters. The maximum Gasteiger partial charge on any atom is 0.176 e. The van der Waals surface area contributed by atoms with Gasteiger partial charge in [-0.1, -0.05) is 17.7 Å². The lowest BCUT2D eigenvalue weighted by molar-refractivity contribution is 0.373. The first kappa shape index (κ1) is 8.21. The molecule has 0 radical (unpaired) electrons. The van der Waals surface area contributed by atoms with Crippen LogP contribution in [0.5, 0.6) is 11.5 Å². The minimum Gasteiger partial charge on any atom is -0.503 e. The minimum absolute atomic E-state index is 0.00849. The summed E-state index contributed by atoms with van der Waals surface area (Å²) in [5.74, 6) is 0.412. The van der Waals surface area contributed by atoms with E-state index in [-0.39, 0.29) is 5.75 Å². The van der Waals surface area contributed by atoms with Crippen molar-refractivity contribution in [1.29, 1.82) is 0 Å². The summed E-state index contributed by atoms with van der Waals surface area (Å²) < 4.78 is 4.85. The van der Waals surface area contributed by atoms with Crippen molar-refractivity contribution in [3.8, 4) is 11.5 Å². The number of phenols is 1. The van der Waals surface area contributed by atoms with Crippen molar-refractivity contribution in [3.63, 3.8) is 0 Å². The standard InChI is InChI=1S/C8H9ClO2/c1-5-3-4-6(11-2)8(10)7(5)9/h3-4,10H,1-2H3. The number of hydrogen-bond donors (Lipinski definition) is 1. The molecule has 0 amide bonds. The highest BCUT2D eigenvalue weighted by Crippen LogP contribution is 2.35. The highest BCUT2D eigenvalue weighted by molar-refractivity contribution is 6.33. The molecule has 0 aliphatic heterocycles. The molecule has 0 saturated heterocycles. The fraction of sp³-hybridized carbons (Fsp3) is 0.250. The fourth-order valence-corrected chi connectivity index (χ4v) is 0.969.